The van der Waals surface area contributed by atoms with Crippen LogP contribution in [0.15, 0.2) is 29.8 Å². The van der Waals surface area contributed by atoms with E-state index >= 15 is 0 Å². The predicted molar refractivity (Wildman–Crippen MR) is 66.6 cm³/mol. The summed E-state index contributed by atoms with van der Waals surface area (Å²) in [7, 11) is 0. The summed E-state index contributed by atoms with van der Waals surface area (Å²) < 4.78 is 25.6. The molecule has 0 spiro atoms. The van der Waals surface area contributed by atoms with Gasteiger partial charge in [0.25, 0.3) is 0 Å². The molecule has 0 saturated heterocycles. The molecule has 1 heterocycles. The second-order valence-electron chi connectivity index (χ2n) is 3.64. The average molecular weight is 265 g/mol. The van der Waals surface area contributed by atoms with Crippen molar-refractivity contribution in [3.8, 4) is 0 Å². The number of hydrogen-bond donors (Lipinski definition) is 0. The molecule has 0 saturated carbocycles. The molecule has 0 atom stereocenters. The predicted octanol–water partition coefficient (Wildman–Crippen LogP) is 3.63. The molecule has 2 aromatic rings. The van der Waals surface area contributed by atoms with Crippen molar-refractivity contribution in [2.75, 3.05) is 0 Å². The third-order valence-corrected chi connectivity index (χ3v) is 3.28. The van der Waals surface area contributed by atoms with Crippen molar-refractivity contribution in [3.63, 3.8) is 0 Å². The van der Waals surface area contributed by atoms with Gasteiger partial charge in [0, 0.05) is 0 Å². The number of carbonyl (C=O) groups is 1. The van der Waals surface area contributed by atoms with Gasteiger partial charge in [-0.15, -0.1) is 11.3 Å². The van der Waals surface area contributed by atoms with Crippen LogP contribution in [0.1, 0.15) is 20.9 Å². The maximum atomic E-state index is 12.9. The molecule has 1 aromatic heterocycles. The highest BCUT2D eigenvalue weighted by Crippen LogP contribution is 2.15. The number of rotatable bonds is 3. The Morgan fingerprint density at radius 1 is 1.33 bits per heavy atom. The van der Waals surface area contributed by atoms with E-state index in [1.165, 1.54) is 29.6 Å². The molecule has 18 heavy (non-hydrogen) atoms. The Morgan fingerprint density at radius 2 is 2.11 bits per heavy atom. The normalized spacial score (nSPS) is 11.1. The van der Waals surface area contributed by atoms with Crippen LogP contribution in [-0.4, -0.2) is 10.8 Å². The number of allylic oxidation sites excluding steroid dienone is 1. The van der Waals surface area contributed by atoms with Crippen LogP contribution in [-0.2, 0) is 0 Å². The number of thiazole rings is 1. The lowest BCUT2D eigenvalue weighted by Crippen LogP contribution is -1.93. The van der Waals surface area contributed by atoms with Gasteiger partial charge in [-0.1, -0.05) is 12.1 Å². The highest BCUT2D eigenvalue weighted by atomic mass is 32.1. The lowest BCUT2D eigenvalue weighted by Gasteiger charge is -1.95. The van der Waals surface area contributed by atoms with Gasteiger partial charge >= 0.3 is 0 Å². The van der Waals surface area contributed by atoms with E-state index in [-0.39, 0.29) is 5.78 Å². The summed E-state index contributed by atoms with van der Waals surface area (Å²) in [6.07, 6.45) is 2.78. The average Bonchev–Trinajstić information content (AvgIpc) is 2.77. The fraction of sp³-hybridized carbons (Fsp3) is 0.0769. The molecule has 0 aliphatic carbocycles. The van der Waals surface area contributed by atoms with E-state index < -0.39 is 11.6 Å². The Bertz CT molecular complexity index is 619. The highest BCUT2D eigenvalue weighted by molar-refractivity contribution is 7.12. The highest BCUT2D eigenvalue weighted by Gasteiger charge is 2.08. The second-order valence-corrected chi connectivity index (χ2v) is 4.49. The summed E-state index contributed by atoms with van der Waals surface area (Å²) in [4.78, 5) is 16.3. The molecule has 0 amide bonds. The molecule has 0 bridgehead atoms. The minimum absolute atomic E-state index is 0.195. The molecule has 0 aliphatic rings. The zero-order chi connectivity index (χ0) is 13.1. The van der Waals surface area contributed by atoms with Gasteiger partial charge in [0.05, 0.1) is 16.1 Å². The molecule has 5 heteroatoms. The van der Waals surface area contributed by atoms with Crippen molar-refractivity contribution < 1.29 is 13.6 Å². The second kappa shape index (κ2) is 5.18. The van der Waals surface area contributed by atoms with Crippen LogP contribution >= 0.6 is 11.3 Å². The number of hydrogen-bond acceptors (Lipinski definition) is 3. The third-order valence-electron chi connectivity index (χ3n) is 2.34. The molecule has 0 N–H and O–H groups in total. The number of aryl methyl sites for hydroxylation is 1. The van der Waals surface area contributed by atoms with E-state index in [0.717, 1.165) is 12.1 Å². The van der Waals surface area contributed by atoms with E-state index in [2.05, 4.69) is 4.98 Å². The topological polar surface area (TPSA) is 30.0 Å². The molecule has 1 aromatic carbocycles. The van der Waals surface area contributed by atoms with Gasteiger partial charge in [0.1, 0.15) is 0 Å². The molecule has 0 unspecified atom stereocenters. The molecule has 0 radical (unpaired) electrons. The van der Waals surface area contributed by atoms with Crippen LogP contribution in [0.2, 0.25) is 0 Å². The number of benzene rings is 1. The maximum Gasteiger partial charge on any atom is 0.197 e. The van der Waals surface area contributed by atoms with Gasteiger partial charge in [0.15, 0.2) is 17.4 Å². The van der Waals surface area contributed by atoms with Crippen LogP contribution in [0, 0.1) is 18.6 Å². The largest absolute Gasteiger partial charge is 0.288 e. The quantitative estimate of drug-likeness (QED) is 0.626. The zero-order valence-electron chi connectivity index (χ0n) is 9.48. The lowest BCUT2D eigenvalue weighted by molar-refractivity contribution is 0.105. The molecule has 0 aliphatic heterocycles. The minimum atomic E-state index is -0.932. The maximum absolute atomic E-state index is 12.9. The number of aromatic nitrogens is 1. The molecular formula is C13H9F2NOS. The third kappa shape index (κ3) is 2.68. The van der Waals surface area contributed by atoms with Crippen LogP contribution in [0.3, 0.4) is 0 Å². The number of ketones is 1. The fourth-order valence-electron chi connectivity index (χ4n) is 1.40. The van der Waals surface area contributed by atoms with Gasteiger partial charge in [-0.2, -0.15) is 0 Å². The van der Waals surface area contributed by atoms with Gasteiger partial charge < -0.3 is 0 Å². The summed E-state index contributed by atoms with van der Waals surface area (Å²) in [5.41, 5.74) is 2.69. The lowest BCUT2D eigenvalue weighted by atomic mass is 10.1. The summed E-state index contributed by atoms with van der Waals surface area (Å²) >= 11 is 1.25. The van der Waals surface area contributed by atoms with Gasteiger partial charge in [0.2, 0.25) is 0 Å². The number of nitrogens with zero attached hydrogens (tertiary/aromatic N) is 1. The Kier molecular flexibility index (Phi) is 3.62. The van der Waals surface area contributed by atoms with Crippen molar-refractivity contribution in [3.05, 3.63) is 57.6 Å². The fourth-order valence-corrected chi connectivity index (χ4v) is 2.13. The van der Waals surface area contributed by atoms with E-state index in [1.54, 1.807) is 12.4 Å². The first-order chi connectivity index (χ1) is 8.58. The summed E-state index contributed by atoms with van der Waals surface area (Å²) in [5, 5.41) is 0. The van der Waals surface area contributed by atoms with Crippen LogP contribution in [0.5, 0.6) is 0 Å². The molecule has 92 valence electrons. The van der Waals surface area contributed by atoms with Crippen molar-refractivity contribution in [2.45, 2.75) is 6.92 Å². The molecular weight excluding hydrogens is 256 g/mol. The Balaban J connectivity index is 2.18. The summed E-state index contributed by atoms with van der Waals surface area (Å²) in [5.74, 6) is -2.03. The van der Waals surface area contributed by atoms with Gasteiger partial charge in [-0.3, -0.25) is 4.79 Å². The Labute approximate surface area is 107 Å². The number of halogens is 2. The van der Waals surface area contributed by atoms with Crippen molar-refractivity contribution in [1.29, 1.82) is 0 Å². The Morgan fingerprint density at radius 3 is 2.72 bits per heavy atom. The van der Waals surface area contributed by atoms with Gasteiger partial charge in [-0.05, 0) is 30.7 Å². The van der Waals surface area contributed by atoms with E-state index in [9.17, 15) is 13.6 Å². The summed E-state index contributed by atoms with van der Waals surface area (Å²) in [6, 6.07) is 3.47. The minimum Gasteiger partial charge on any atom is -0.288 e. The Hall–Kier alpha value is -1.88. The van der Waals surface area contributed by atoms with Gasteiger partial charge in [-0.25, -0.2) is 13.8 Å². The van der Waals surface area contributed by atoms with E-state index in [1.807, 2.05) is 0 Å². The van der Waals surface area contributed by atoms with Crippen LogP contribution < -0.4 is 0 Å². The first kappa shape index (κ1) is 12.6. The molecule has 0 fully saturated rings. The molecule has 2 rings (SSSR count). The van der Waals surface area contributed by atoms with E-state index in [4.69, 9.17) is 0 Å². The van der Waals surface area contributed by atoms with Crippen LogP contribution in [0.25, 0.3) is 6.08 Å². The summed E-state index contributed by atoms with van der Waals surface area (Å²) in [6.45, 7) is 1.75. The first-order valence-corrected chi connectivity index (χ1v) is 6.03. The zero-order valence-corrected chi connectivity index (χ0v) is 10.3. The van der Waals surface area contributed by atoms with Crippen molar-refractivity contribution >= 4 is 23.2 Å². The smallest absolute Gasteiger partial charge is 0.197 e. The van der Waals surface area contributed by atoms with Crippen LogP contribution in [0.4, 0.5) is 8.78 Å². The first-order valence-electron chi connectivity index (χ1n) is 5.15. The van der Waals surface area contributed by atoms with E-state index in [0.29, 0.717) is 16.1 Å². The van der Waals surface area contributed by atoms with Crippen molar-refractivity contribution in [1.82, 2.24) is 4.98 Å². The monoisotopic (exact) mass is 265 g/mol. The van der Waals surface area contributed by atoms with Crippen molar-refractivity contribution in [2.24, 2.45) is 0 Å². The SMILES string of the molecule is Cc1ncsc1C(=O)C=Cc1ccc(F)c(F)c1. The standard InChI is InChI=1S/C13H9F2NOS/c1-8-13(18-7-16-8)12(17)5-3-9-2-4-10(14)11(15)6-9/h2-7H,1H3. The number of carbonyl (C=O) groups excluding carboxylic acids is 1. The molecule has 2 nitrogen and oxygen atoms in total.